The Hall–Kier alpha value is -2.46. The third kappa shape index (κ3) is 1.96. The molecule has 3 nitrogen and oxygen atoms in total. The first-order chi connectivity index (χ1) is 10.3. The summed E-state index contributed by atoms with van der Waals surface area (Å²) in [6.07, 6.45) is 5.61. The van der Waals surface area contributed by atoms with Crippen LogP contribution in [-0.2, 0) is 9.71 Å². The van der Waals surface area contributed by atoms with E-state index in [1.54, 1.807) is 6.20 Å². The summed E-state index contributed by atoms with van der Waals surface area (Å²) in [7, 11) is -2.45. The minimum atomic E-state index is -2.45. The second-order valence-electron chi connectivity index (χ2n) is 4.99. The number of fused-ring (bicyclic) bond motifs is 2. The summed E-state index contributed by atoms with van der Waals surface area (Å²) in [6.45, 7) is 0. The van der Waals surface area contributed by atoms with E-state index in [4.69, 9.17) is 0 Å². The molecule has 0 saturated carbocycles. The fourth-order valence-corrected chi connectivity index (χ4v) is 4.59. The molecular weight excluding hydrogens is 280 g/mol. The fourth-order valence-electron chi connectivity index (χ4n) is 2.67. The maximum atomic E-state index is 13.3. The quantitative estimate of drug-likeness (QED) is 0.665. The Labute approximate surface area is 123 Å². The molecule has 2 N–H and O–H groups in total. The predicted molar refractivity (Wildman–Crippen MR) is 88.5 cm³/mol. The Balaban J connectivity index is 1.99. The highest BCUT2D eigenvalue weighted by molar-refractivity contribution is 8.00. The monoisotopic (exact) mass is 294 g/mol. The molecule has 1 aliphatic rings. The molecule has 1 atom stereocenters. The zero-order valence-electron chi connectivity index (χ0n) is 11.2. The molecule has 0 amide bonds. The predicted octanol–water partition coefficient (Wildman–Crippen LogP) is 3.15. The number of hydrogen-bond donors (Lipinski definition) is 2. The van der Waals surface area contributed by atoms with Crippen molar-refractivity contribution in [2.45, 2.75) is 4.90 Å². The standard InChI is InChI=1S/C17H14N2OS/c20-21(17-7-2-1-4-13(17)8-11-19-21)12-14-5-3-6-16-15(14)9-10-18-16/h1-12,18H,(H,19,20). The van der Waals surface area contributed by atoms with Gasteiger partial charge in [-0.05, 0) is 35.4 Å². The number of H-pyrrole nitrogens is 1. The van der Waals surface area contributed by atoms with Gasteiger partial charge >= 0.3 is 0 Å². The van der Waals surface area contributed by atoms with E-state index in [-0.39, 0.29) is 0 Å². The molecule has 1 aromatic heterocycles. The molecule has 2 aromatic carbocycles. The lowest BCUT2D eigenvalue weighted by molar-refractivity contribution is 0.676. The fraction of sp³-hybridized carbons (Fsp3) is 0. The van der Waals surface area contributed by atoms with E-state index in [2.05, 4.69) is 9.71 Å². The van der Waals surface area contributed by atoms with E-state index in [1.165, 1.54) is 0 Å². The highest BCUT2D eigenvalue weighted by Crippen LogP contribution is 2.23. The largest absolute Gasteiger partial charge is 0.361 e. The van der Waals surface area contributed by atoms with Crippen molar-refractivity contribution in [1.29, 1.82) is 0 Å². The van der Waals surface area contributed by atoms with Crippen LogP contribution < -0.4 is 4.72 Å². The van der Waals surface area contributed by atoms with E-state index in [0.717, 1.165) is 26.9 Å². The van der Waals surface area contributed by atoms with Crippen LogP contribution in [0.15, 0.2) is 65.8 Å². The minimum absolute atomic E-state index is 0.833. The maximum Gasteiger partial charge on any atom is 0.0814 e. The lowest BCUT2D eigenvalue weighted by Gasteiger charge is -2.18. The van der Waals surface area contributed by atoms with Gasteiger partial charge in [-0.2, -0.15) is 0 Å². The third-order valence-electron chi connectivity index (χ3n) is 3.67. The number of rotatable bonds is 1. The molecule has 21 heavy (non-hydrogen) atoms. The van der Waals surface area contributed by atoms with Gasteiger partial charge in [0.2, 0.25) is 0 Å². The van der Waals surface area contributed by atoms with Crippen LogP contribution >= 0.6 is 0 Å². The number of aromatic amines is 1. The summed E-state index contributed by atoms with van der Waals surface area (Å²) in [5.74, 6) is 0. The van der Waals surface area contributed by atoms with Gasteiger partial charge in [0, 0.05) is 28.7 Å². The van der Waals surface area contributed by atoms with Crippen molar-refractivity contribution >= 4 is 32.1 Å². The molecule has 1 aliphatic heterocycles. The van der Waals surface area contributed by atoms with Gasteiger partial charge in [-0.15, -0.1) is 0 Å². The van der Waals surface area contributed by atoms with Gasteiger partial charge in [0.1, 0.15) is 0 Å². The molecule has 1 unspecified atom stereocenters. The van der Waals surface area contributed by atoms with Crippen LogP contribution in [0.25, 0.3) is 17.0 Å². The van der Waals surface area contributed by atoms with Crippen LogP contribution in [-0.4, -0.2) is 14.6 Å². The number of aromatic nitrogens is 1. The molecule has 104 valence electrons. The van der Waals surface area contributed by atoms with Crippen LogP contribution in [0.4, 0.5) is 0 Å². The number of hydrogen-bond acceptors (Lipinski definition) is 1. The highest BCUT2D eigenvalue weighted by atomic mass is 32.2. The zero-order valence-corrected chi connectivity index (χ0v) is 12.1. The van der Waals surface area contributed by atoms with Gasteiger partial charge in [-0.25, -0.2) is 4.21 Å². The highest BCUT2D eigenvalue weighted by Gasteiger charge is 2.16. The van der Waals surface area contributed by atoms with E-state index in [0.29, 0.717) is 0 Å². The van der Waals surface area contributed by atoms with Crippen molar-refractivity contribution < 1.29 is 4.21 Å². The average Bonchev–Trinajstić information content (AvgIpc) is 2.97. The second-order valence-corrected chi connectivity index (χ2v) is 7.11. The summed E-state index contributed by atoms with van der Waals surface area (Å²) in [4.78, 5) is 4.02. The summed E-state index contributed by atoms with van der Waals surface area (Å²) in [6, 6.07) is 15.8. The van der Waals surface area contributed by atoms with Crippen LogP contribution in [0.3, 0.4) is 0 Å². The van der Waals surface area contributed by atoms with Crippen LogP contribution in [0.5, 0.6) is 0 Å². The Bertz CT molecular complexity index is 975. The molecule has 0 aliphatic carbocycles. The van der Waals surface area contributed by atoms with Crippen molar-refractivity contribution in [3.63, 3.8) is 0 Å². The van der Waals surface area contributed by atoms with E-state index in [1.807, 2.05) is 66.2 Å². The topological polar surface area (TPSA) is 44.9 Å². The van der Waals surface area contributed by atoms with Gasteiger partial charge in [-0.3, -0.25) is 0 Å². The van der Waals surface area contributed by atoms with Gasteiger partial charge < -0.3 is 9.71 Å². The minimum Gasteiger partial charge on any atom is -0.361 e. The van der Waals surface area contributed by atoms with Crippen molar-refractivity contribution in [2.24, 2.45) is 0 Å². The molecular formula is C17H14N2OS. The van der Waals surface area contributed by atoms with E-state index < -0.39 is 9.71 Å². The molecule has 4 heteroatoms. The second kappa shape index (κ2) is 4.53. The molecule has 0 saturated heterocycles. The Morgan fingerprint density at radius 1 is 1.00 bits per heavy atom. The number of nitrogens with one attached hydrogen (secondary N) is 2. The summed E-state index contributed by atoms with van der Waals surface area (Å²) < 4.78 is 16.4. The van der Waals surface area contributed by atoms with Gasteiger partial charge in [0.15, 0.2) is 0 Å². The first-order valence-electron chi connectivity index (χ1n) is 6.74. The Morgan fingerprint density at radius 2 is 1.90 bits per heavy atom. The third-order valence-corrected chi connectivity index (χ3v) is 5.77. The molecule has 0 radical (unpaired) electrons. The summed E-state index contributed by atoms with van der Waals surface area (Å²) >= 11 is 0. The zero-order chi connectivity index (χ0) is 14.3. The Kier molecular flexibility index (Phi) is 2.65. The smallest absolute Gasteiger partial charge is 0.0814 e. The van der Waals surface area contributed by atoms with Gasteiger partial charge in [0.25, 0.3) is 0 Å². The Morgan fingerprint density at radius 3 is 2.86 bits per heavy atom. The molecule has 0 fully saturated rings. The lowest BCUT2D eigenvalue weighted by Crippen LogP contribution is -2.24. The van der Waals surface area contributed by atoms with Crippen LogP contribution in [0.1, 0.15) is 11.1 Å². The van der Waals surface area contributed by atoms with Crippen LogP contribution in [0, 0.1) is 0 Å². The molecule has 0 spiro atoms. The van der Waals surface area contributed by atoms with Crippen LogP contribution in [0.2, 0.25) is 0 Å². The van der Waals surface area contributed by atoms with Gasteiger partial charge in [-0.1, -0.05) is 30.3 Å². The van der Waals surface area contributed by atoms with Crippen molar-refractivity contribution in [3.05, 3.63) is 72.1 Å². The molecule has 4 rings (SSSR count). The summed E-state index contributed by atoms with van der Waals surface area (Å²) in [5.41, 5.74) is 3.02. The molecule has 2 heterocycles. The first kappa shape index (κ1) is 12.3. The first-order valence-corrected chi connectivity index (χ1v) is 8.36. The van der Waals surface area contributed by atoms with Crippen molar-refractivity contribution in [1.82, 2.24) is 9.71 Å². The summed E-state index contributed by atoms with van der Waals surface area (Å²) in [5, 5.41) is 2.92. The van der Waals surface area contributed by atoms with Crippen molar-refractivity contribution in [2.75, 3.05) is 0 Å². The van der Waals surface area contributed by atoms with Gasteiger partial charge in [0.05, 0.1) is 14.6 Å². The average molecular weight is 294 g/mol. The van der Waals surface area contributed by atoms with Crippen molar-refractivity contribution in [3.8, 4) is 0 Å². The molecule has 3 aromatic rings. The number of benzene rings is 2. The van der Waals surface area contributed by atoms with E-state index in [9.17, 15) is 4.21 Å². The normalized spacial score (nSPS) is 20.0. The lowest BCUT2D eigenvalue weighted by atomic mass is 10.1. The SMILES string of the molecule is O=S1(=Cc2cccc3[nH]ccc23)NC=Cc2ccccc21. The van der Waals surface area contributed by atoms with E-state index >= 15 is 0 Å². The molecule has 0 bridgehead atoms. The maximum absolute atomic E-state index is 13.3.